The molecule has 1 heterocycles. The summed E-state index contributed by atoms with van der Waals surface area (Å²) in [5.41, 5.74) is 2.71. The van der Waals surface area contributed by atoms with Crippen molar-refractivity contribution in [3.05, 3.63) is 29.3 Å². The molecule has 0 atom stereocenters. The SMILES string of the molecule is Cc1ccc(C)c(NC(=O)C(=O)N2CCN(C)CC2)c1. The average molecular weight is 275 g/mol. The van der Waals surface area contributed by atoms with Crippen molar-refractivity contribution in [3.8, 4) is 0 Å². The van der Waals surface area contributed by atoms with Gasteiger partial charge in [0.25, 0.3) is 0 Å². The smallest absolute Gasteiger partial charge is 0.313 e. The molecule has 108 valence electrons. The third kappa shape index (κ3) is 3.36. The number of carbonyl (C=O) groups is 2. The second-order valence-corrected chi connectivity index (χ2v) is 5.37. The van der Waals surface area contributed by atoms with Crippen LogP contribution in [0.2, 0.25) is 0 Å². The molecule has 2 rings (SSSR count). The van der Waals surface area contributed by atoms with Gasteiger partial charge in [-0.3, -0.25) is 9.59 Å². The maximum Gasteiger partial charge on any atom is 0.313 e. The van der Waals surface area contributed by atoms with Crippen LogP contribution in [-0.4, -0.2) is 54.8 Å². The van der Waals surface area contributed by atoms with Crippen molar-refractivity contribution in [2.75, 3.05) is 38.5 Å². The highest BCUT2D eigenvalue weighted by Gasteiger charge is 2.25. The van der Waals surface area contributed by atoms with E-state index >= 15 is 0 Å². The first-order valence-corrected chi connectivity index (χ1v) is 6.83. The highest BCUT2D eigenvalue weighted by atomic mass is 16.2. The van der Waals surface area contributed by atoms with Crippen LogP contribution in [-0.2, 0) is 9.59 Å². The minimum Gasteiger partial charge on any atom is -0.332 e. The number of hydrogen-bond acceptors (Lipinski definition) is 3. The van der Waals surface area contributed by atoms with E-state index in [2.05, 4.69) is 10.2 Å². The zero-order valence-electron chi connectivity index (χ0n) is 12.3. The van der Waals surface area contributed by atoms with E-state index in [0.29, 0.717) is 18.8 Å². The second kappa shape index (κ2) is 6.05. The fraction of sp³-hybridized carbons (Fsp3) is 0.467. The van der Waals surface area contributed by atoms with E-state index in [1.165, 1.54) is 0 Å². The van der Waals surface area contributed by atoms with Crippen molar-refractivity contribution in [1.82, 2.24) is 9.80 Å². The molecule has 0 radical (unpaired) electrons. The van der Waals surface area contributed by atoms with Gasteiger partial charge < -0.3 is 15.1 Å². The van der Waals surface area contributed by atoms with Crippen molar-refractivity contribution in [1.29, 1.82) is 0 Å². The molecule has 0 unspecified atom stereocenters. The molecule has 1 aromatic rings. The summed E-state index contributed by atoms with van der Waals surface area (Å²) in [5, 5.41) is 2.72. The van der Waals surface area contributed by atoms with Crippen LogP contribution in [0.15, 0.2) is 18.2 Å². The van der Waals surface area contributed by atoms with Gasteiger partial charge in [0.05, 0.1) is 0 Å². The summed E-state index contributed by atoms with van der Waals surface area (Å²) in [6.45, 7) is 6.70. The van der Waals surface area contributed by atoms with Crippen LogP contribution in [0.4, 0.5) is 5.69 Å². The topological polar surface area (TPSA) is 52.7 Å². The molecular formula is C15H21N3O2. The number of rotatable bonds is 1. The minimum atomic E-state index is -0.553. The van der Waals surface area contributed by atoms with Gasteiger partial charge in [-0.1, -0.05) is 12.1 Å². The Hall–Kier alpha value is -1.88. The third-order valence-electron chi connectivity index (χ3n) is 3.63. The highest BCUT2D eigenvalue weighted by Crippen LogP contribution is 2.16. The van der Waals surface area contributed by atoms with Gasteiger partial charge in [0.1, 0.15) is 0 Å². The van der Waals surface area contributed by atoms with Crippen molar-refractivity contribution >= 4 is 17.5 Å². The Morgan fingerprint density at radius 3 is 2.40 bits per heavy atom. The van der Waals surface area contributed by atoms with Crippen LogP contribution in [0, 0.1) is 13.8 Å². The fourth-order valence-electron chi connectivity index (χ4n) is 2.20. The summed E-state index contributed by atoms with van der Waals surface area (Å²) in [7, 11) is 2.01. The van der Waals surface area contributed by atoms with E-state index in [4.69, 9.17) is 0 Å². The van der Waals surface area contributed by atoms with Gasteiger partial charge in [-0.25, -0.2) is 0 Å². The predicted molar refractivity (Wildman–Crippen MR) is 78.6 cm³/mol. The van der Waals surface area contributed by atoms with E-state index in [9.17, 15) is 9.59 Å². The van der Waals surface area contributed by atoms with Crippen LogP contribution in [0.5, 0.6) is 0 Å². The molecule has 0 spiro atoms. The molecule has 1 aliphatic heterocycles. The molecule has 5 nitrogen and oxygen atoms in total. The predicted octanol–water partition coefficient (Wildman–Crippen LogP) is 1.02. The number of aryl methyl sites for hydroxylation is 2. The molecule has 0 aromatic heterocycles. The zero-order valence-corrected chi connectivity index (χ0v) is 12.3. The van der Waals surface area contributed by atoms with E-state index in [0.717, 1.165) is 24.2 Å². The van der Waals surface area contributed by atoms with Gasteiger partial charge in [-0.05, 0) is 38.1 Å². The van der Waals surface area contributed by atoms with Crippen LogP contribution >= 0.6 is 0 Å². The van der Waals surface area contributed by atoms with E-state index in [-0.39, 0.29) is 0 Å². The largest absolute Gasteiger partial charge is 0.332 e. The summed E-state index contributed by atoms with van der Waals surface area (Å²) >= 11 is 0. The van der Waals surface area contributed by atoms with Gasteiger partial charge in [0, 0.05) is 31.9 Å². The molecule has 1 N–H and O–H groups in total. The Labute approximate surface area is 119 Å². The van der Waals surface area contributed by atoms with Crippen molar-refractivity contribution < 1.29 is 9.59 Å². The summed E-state index contributed by atoms with van der Waals surface area (Å²) < 4.78 is 0. The number of likely N-dealkylation sites (N-methyl/N-ethyl adjacent to an activating group) is 1. The quantitative estimate of drug-likeness (QED) is 0.778. The summed E-state index contributed by atoms with van der Waals surface area (Å²) in [5.74, 6) is -0.998. The van der Waals surface area contributed by atoms with Gasteiger partial charge in [-0.2, -0.15) is 0 Å². The number of carbonyl (C=O) groups excluding carboxylic acids is 2. The lowest BCUT2D eigenvalue weighted by molar-refractivity contribution is -0.144. The lowest BCUT2D eigenvalue weighted by Gasteiger charge is -2.31. The lowest BCUT2D eigenvalue weighted by atomic mass is 10.1. The summed E-state index contributed by atoms with van der Waals surface area (Å²) in [4.78, 5) is 27.9. The molecule has 1 aromatic carbocycles. The standard InChI is InChI=1S/C15H21N3O2/c1-11-4-5-12(2)13(10-11)16-14(19)15(20)18-8-6-17(3)7-9-18/h4-5,10H,6-9H2,1-3H3,(H,16,19). The van der Waals surface area contributed by atoms with Gasteiger partial charge >= 0.3 is 11.8 Å². The molecule has 1 saturated heterocycles. The normalized spacial score (nSPS) is 16.1. The average Bonchev–Trinajstić information content (AvgIpc) is 2.43. The zero-order chi connectivity index (χ0) is 14.7. The minimum absolute atomic E-state index is 0.445. The number of benzene rings is 1. The highest BCUT2D eigenvalue weighted by molar-refractivity contribution is 6.39. The first-order chi connectivity index (χ1) is 9.47. The van der Waals surface area contributed by atoms with Crippen LogP contribution in [0.25, 0.3) is 0 Å². The summed E-state index contributed by atoms with van der Waals surface area (Å²) in [6, 6.07) is 5.79. The van der Waals surface area contributed by atoms with E-state index in [1.54, 1.807) is 4.90 Å². The molecule has 2 amide bonds. The third-order valence-corrected chi connectivity index (χ3v) is 3.63. The Balaban J connectivity index is 2.01. The Bertz CT molecular complexity index is 520. The number of hydrogen-bond donors (Lipinski definition) is 1. The van der Waals surface area contributed by atoms with Gasteiger partial charge in [-0.15, -0.1) is 0 Å². The Kier molecular flexibility index (Phi) is 4.39. The fourth-order valence-corrected chi connectivity index (χ4v) is 2.20. The molecule has 1 aliphatic rings. The number of amides is 2. The number of anilines is 1. The second-order valence-electron chi connectivity index (χ2n) is 5.37. The van der Waals surface area contributed by atoms with Crippen molar-refractivity contribution in [2.45, 2.75) is 13.8 Å². The first-order valence-electron chi connectivity index (χ1n) is 6.83. The number of piperazine rings is 1. The summed E-state index contributed by atoms with van der Waals surface area (Å²) in [6.07, 6.45) is 0. The van der Waals surface area contributed by atoms with Crippen molar-refractivity contribution in [3.63, 3.8) is 0 Å². The van der Waals surface area contributed by atoms with Gasteiger partial charge in [0.2, 0.25) is 0 Å². The molecule has 0 saturated carbocycles. The lowest BCUT2D eigenvalue weighted by Crippen LogP contribution is -2.50. The van der Waals surface area contributed by atoms with E-state index < -0.39 is 11.8 Å². The number of nitrogens with zero attached hydrogens (tertiary/aromatic N) is 2. The molecule has 20 heavy (non-hydrogen) atoms. The Morgan fingerprint density at radius 2 is 1.75 bits per heavy atom. The Morgan fingerprint density at radius 1 is 1.10 bits per heavy atom. The molecular weight excluding hydrogens is 254 g/mol. The monoisotopic (exact) mass is 275 g/mol. The van der Waals surface area contributed by atoms with E-state index in [1.807, 2.05) is 39.1 Å². The van der Waals surface area contributed by atoms with Crippen LogP contribution in [0.3, 0.4) is 0 Å². The maximum absolute atomic E-state index is 12.1. The molecule has 0 aliphatic carbocycles. The van der Waals surface area contributed by atoms with Crippen LogP contribution < -0.4 is 5.32 Å². The first kappa shape index (κ1) is 14.5. The molecule has 0 bridgehead atoms. The molecule has 5 heteroatoms. The number of nitrogens with one attached hydrogen (secondary N) is 1. The maximum atomic E-state index is 12.1. The van der Waals surface area contributed by atoms with Crippen molar-refractivity contribution in [2.24, 2.45) is 0 Å². The molecule has 1 fully saturated rings. The van der Waals surface area contributed by atoms with Gasteiger partial charge in [0.15, 0.2) is 0 Å². The van der Waals surface area contributed by atoms with Crippen LogP contribution in [0.1, 0.15) is 11.1 Å².